The number of hydrogen-bond donors (Lipinski definition) is 1. The summed E-state index contributed by atoms with van der Waals surface area (Å²) in [4.78, 5) is 23.5. The highest BCUT2D eigenvalue weighted by atomic mass is 16.5. The van der Waals surface area contributed by atoms with Crippen molar-refractivity contribution < 1.29 is 19.4 Å². The smallest absolute Gasteiger partial charge is 0.329 e. The first-order valence-electron chi connectivity index (χ1n) is 6.16. The van der Waals surface area contributed by atoms with Gasteiger partial charge in [0.05, 0.1) is 6.61 Å². The Bertz CT molecular complexity index is 600. The van der Waals surface area contributed by atoms with Gasteiger partial charge in [0.25, 0.3) is 5.91 Å². The van der Waals surface area contributed by atoms with E-state index in [-0.39, 0.29) is 24.7 Å². The van der Waals surface area contributed by atoms with Crippen LogP contribution < -0.4 is 0 Å². The molecule has 0 fully saturated rings. The van der Waals surface area contributed by atoms with Gasteiger partial charge in [-0.3, -0.25) is 4.79 Å². The Morgan fingerprint density at radius 2 is 2.14 bits per heavy atom. The molecule has 0 atom stereocenters. The number of rotatable bonds is 6. The molecule has 0 saturated heterocycles. The number of ether oxygens (including phenoxy) is 1. The van der Waals surface area contributed by atoms with E-state index in [0.29, 0.717) is 5.56 Å². The van der Waals surface area contributed by atoms with Crippen molar-refractivity contribution in [1.82, 2.24) is 4.90 Å². The minimum Gasteiger partial charge on any atom is -0.480 e. The van der Waals surface area contributed by atoms with Gasteiger partial charge < -0.3 is 14.7 Å². The molecule has 1 amide bonds. The predicted molar refractivity (Wildman–Crippen MR) is 76.0 cm³/mol. The molecule has 0 spiro atoms. The van der Waals surface area contributed by atoms with Crippen LogP contribution in [0.2, 0.25) is 0 Å². The van der Waals surface area contributed by atoms with Crippen LogP contribution in [0.15, 0.2) is 29.8 Å². The van der Waals surface area contributed by atoms with Crippen LogP contribution in [0.4, 0.5) is 0 Å². The van der Waals surface area contributed by atoms with Crippen molar-refractivity contribution in [2.24, 2.45) is 0 Å². The molecular formula is C15H16N2O4. The highest BCUT2D eigenvalue weighted by Crippen LogP contribution is 2.12. The summed E-state index contributed by atoms with van der Waals surface area (Å²) in [5, 5.41) is 17.5. The summed E-state index contributed by atoms with van der Waals surface area (Å²) in [5.74, 6) is -1.40. The first-order chi connectivity index (χ1) is 9.93. The first-order valence-corrected chi connectivity index (χ1v) is 6.16. The zero-order valence-corrected chi connectivity index (χ0v) is 11.9. The summed E-state index contributed by atoms with van der Waals surface area (Å²) in [6.07, 6.45) is 1.49. The molecular weight excluding hydrogens is 272 g/mol. The van der Waals surface area contributed by atoms with Crippen molar-refractivity contribution >= 4 is 18.0 Å². The Balaban J connectivity index is 2.86. The molecule has 0 radical (unpaired) electrons. The van der Waals surface area contributed by atoms with Crippen LogP contribution in [-0.4, -0.2) is 42.6 Å². The van der Waals surface area contributed by atoms with E-state index in [1.165, 1.54) is 11.0 Å². The normalized spacial score (nSPS) is 10.8. The molecule has 0 aromatic heterocycles. The quantitative estimate of drug-likeness (QED) is 0.629. The van der Waals surface area contributed by atoms with E-state index < -0.39 is 5.97 Å². The molecule has 0 unspecified atom stereocenters. The number of carboxylic acid groups (broad SMARTS) is 1. The molecule has 0 aliphatic rings. The van der Waals surface area contributed by atoms with Crippen molar-refractivity contribution in [3.8, 4) is 6.07 Å². The van der Waals surface area contributed by atoms with Gasteiger partial charge in [-0.1, -0.05) is 18.2 Å². The number of carboxylic acids is 1. The third-order valence-electron chi connectivity index (χ3n) is 2.51. The Morgan fingerprint density at radius 3 is 2.71 bits per heavy atom. The minimum atomic E-state index is -1.03. The molecule has 6 nitrogen and oxygen atoms in total. The second-order valence-electron chi connectivity index (χ2n) is 4.50. The minimum absolute atomic E-state index is 0.0311. The second kappa shape index (κ2) is 7.82. The Labute approximate surface area is 122 Å². The molecule has 0 bridgehead atoms. The van der Waals surface area contributed by atoms with Crippen LogP contribution >= 0.6 is 0 Å². The van der Waals surface area contributed by atoms with Crippen LogP contribution in [0.25, 0.3) is 6.08 Å². The van der Waals surface area contributed by atoms with E-state index in [1.807, 2.05) is 6.07 Å². The SMILES string of the molecule is CN(C)C(=O)C(C#N)=Cc1cccc(COCC(=O)O)c1. The molecule has 0 saturated carbocycles. The second-order valence-corrected chi connectivity index (χ2v) is 4.50. The molecule has 110 valence electrons. The number of hydrogen-bond acceptors (Lipinski definition) is 4. The molecule has 1 rings (SSSR count). The zero-order valence-electron chi connectivity index (χ0n) is 11.9. The largest absolute Gasteiger partial charge is 0.480 e. The molecule has 0 aliphatic heterocycles. The van der Waals surface area contributed by atoms with Gasteiger partial charge in [-0.05, 0) is 23.3 Å². The number of nitrogens with zero attached hydrogens (tertiary/aromatic N) is 2. The van der Waals surface area contributed by atoms with Crippen LogP contribution in [-0.2, 0) is 20.9 Å². The lowest BCUT2D eigenvalue weighted by Crippen LogP contribution is -2.22. The van der Waals surface area contributed by atoms with Gasteiger partial charge in [-0.25, -0.2) is 4.79 Å². The van der Waals surface area contributed by atoms with Crippen molar-refractivity contribution in [2.75, 3.05) is 20.7 Å². The van der Waals surface area contributed by atoms with Crippen LogP contribution in [0, 0.1) is 11.3 Å². The van der Waals surface area contributed by atoms with E-state index in [1.54, 1.807) is 38.4 Å². The summed E-state index contributed by atoms with van der Waals surface area (Å²) < 4.78 is 4.99. The first kappa shape index (κ1) is 16.4. The monoisotopic (exact) mass is 288 g/mol. The number of likely N-dealkylation sites (N-methyl/N-ethyl adjacent to an activating group) is 1. The highest BCUT2D eigenvalue weighted by molar-refractivity contribution is 6.01. The van der Waals surface area contributed by atoms with Gasteiger partial charge in [0.1, 0.15) is 18.2 Å². The maximum absolute atomic E-state index is 11.8. The van der Waals surface area contributed by atoms with E-state index in [0.717, 1.165) is 5.56 Å². The molecule has 6 heteroatoms. The number of amides is 1. The van der Waals surface area contributed by atoms with Crippen LogP contribution in [0.3, 0.4) is 0 Å². The third kappa shape index (κ3) is 5.47. The lowest BCUT2D eigenvalue weighted by molar-refractivity contribution is -0.142. The summed E-state index contributed by atoms with van der Waals surface area (Å²) in [5.41, 5.74) is 1.47. The lowest BCUT2D eigenvalue weighted by atomic mass is 10.1. The van der Waals surface area contributed by atoms with Gasteiger partial charge in [0, 0.05) is 14.1 Å². The number of nitriles is 1. The molecule has 1 aromatic carbocycles. The van der Waals surface area contributed by atoms with Crippen molar-refractivity contribution in [1.29, 1.82) is 5.26 Å². The van der Waals surface area contributed by atoms with E-state index >= 15 is 0 Å². The van der Waals surface area contributed by atoms with Gasteiger partial charge in [-0.2, -0.15) is 5.26 Å². The summed E-state index contributed by atoms with van der Waals surface area (Å²) >= 11 is 0. The van der Waals surface area contributed by atoms with Gasteiger partial charge in [0.15, 0.2) is 0 Å². The zero-order chi connectivity index (χ0) is 15.8. The maximum atomic E-state index is 11.8. The Kier molecular flexibility index (Phi) is 6.11. The van der Waals surface area contributed by atoms with Gasteiger partial charge in [0.2, 0.25) is 0 Å². The van der Waals surface area contributed by atoms with E-state index in [9.17, 15) is 9.59 Å². The van der Waals surface area contributed by atoms with Crippen LogP contribution in [0.1, 0.15) is 11.1 Å². The van der Waals surface area contributed by atoms with Crippen molar-refractivity contribution in [3.05, 3.63) is 41.0 Å². The molecule has 1 N–H and O–H groups in total. The fourth-order valence-corrected chi connectivity index (χ4v) is 1.58. The summed E-state index contributed by atoms with van der Waals surface area (Å²) in [6, 6.07) is 8.89. The van der Waals surface area contributed by atoms with Crippen molar-refractivity contribution in [2.45, 2.75) is 6.61 Å². The lowest BCUT2D eigenvalue weighted by Gasteiger charge is -2.09. The predicted octanol–water partition coefficient (Wildman–Crippen LogP) is 1.28. The topological polar surface area (TPSA) is 90.6 Å². The van der Waals surface area contributed by atoms with Crippen molar-refractivity contribution in [3.63, 3.8) is 0 Å². The Hall–Kier alpha value is -2.65. The summed E-state index contributed by atoms with van der Waals surface area (Å²) in [7, 11) is 3.15. The van der Waals surface area contributed by atoms with Gasteiger partial charge >= 0.3 is 5.97 Å². The third-order valence-corrected chi connectivity index (χ3v) is 2.51. The molecule has 0 heterocycles. The van der Waals surface area contributed by atoms with E-state index in [2.05, 4.69) is 0 Å². The maximum Gasteiger partial charge on any atom is 0.329 e. The van der Waals surface area contributed by atoms with E-state index in [4.69, 9.17) is 15.1 Å². The average Bonchev–Trinajstić information content (AvgIpc) is 2.44. The molecule has 21 heavy (non-hydrogen) atoms. The molecule has 1 aromatic rings. The fraction of sp³-hybridized carbons (Fsp3) is 0.267. The standard InChI is InChI=1S/C15H16N2O4/c1-17(2)15(20)13(8-16)7-11-4-3-5-12(6-11)9-21-10-14(18)19/h3-7H,9-10H2,1-2H3,(H,18,19). The Morgan fingerprint density at radius 1 is 1.43 bits per heavy atom. The summed E-state index contributed by atoms with van der Waals surface area (Å²) in [6.45, 7) is -0.222. The van der Waals surface area contributed by atoms with Crippen LogP contribution in [0.5, 0.6) is 0 Å². The highest BCUT2D eigenvalue weighted by Gasteiger charge is 2.10. The average molecular weight is 288 g/mol. The number of benzene rings is 1. The molecule has 0 aliphatic carbocycles. The fourth-order valence-electron chi connectivity index (χ4n) is 1.58. The van der Waals surface area contributed by atoms with Gasteiger partial charge in [-0.15, -0.1) is 0 Å². The number of aliphatic carboxylic acids is 1. The number of carbonyl (C=O) groups is 2. The number of carbonyl (C=O) groups excluding carboxylic acids is 1.